The monoisotopic (exact) mass is 250 g/mol. The summed E-state index contributed by atoms with van der Waals surface area (Å²) in [5, 5.41) is 0. The number of allylic oxidation sites excluding steroid dienone is 4. The lowest BCUT2D eigenvalue weighted by molar-refractivity contribution is 1.22. The zero-order valence-corrected chi connectivity index (χ0v) is 10.2. The number of benzene rings is 1. The van der Waals surface area contributed by atoms with Gasteiger partial charge in [-0.2, -0.15) is 0 Å². The van der Waals surface area contributed by atoms with Crippen molar-refractivity contribution < 1.29 is 0 Å². The molecule has 0 N–H and O–H groups in total. The topological polar surface area (TPSA) is 0 Å². The van der Waals surface area contributed by atoms with Crippen molar-refractivity contribution in [3.8, 4) is 0 Å². The first-order valence-corrected chi connectivity index (χ1v) is 5.66. The van der Waals surface area contributed by atoms with Crippen molar-refractivity contribution in [1.82, 2.24) is 0 Å². The first-order chi connectivity index (χ1) is 6.79. The van der Waals surface area contributed by atoms with Crippen LogP contribution in [0.2, 0.25) is 0 Å². The predicted octanol–water partition coefficient (Wildman–Crippen LogP) is 4.78. The minimum Gasteiger partial charge on any atom is -0.0787 e. The second-order valence-electron chi connectivity index (χ2n) is 3.03. The first kappa shape index (κ1) is 11.3. The second-order valence-corrected chi connectivity index (χ2v) is 3.88. The second kappa shape index (κ2) is 5.82. The van der Waals surface area contributed by atoms with Crippen LogP contribution in [0.4, 0.5) is 0 Å². The molecule has 0 atom stereocenters. The van der Waals surface area contributed by atoms with Crippen LogP contribution < -0.4 is 0 Å². The maximum atomic E-state index is 3.59. The van der Waals surface area contributed by atoms with Crippen LogP contribution >= 0.6 is 15.9 Å². The fourth-order valence-corrected chi connectivity index (χ4v) is 2.13. The minimum absolute atomic E-state index is 1.05. The molecule has 74 valence electrons. The summed E-state index contributed by atoms with van der Waals surface area (Å²) in [7, 11) is 0. The fraction of sp³-hybridized carbons (Fsp3) is 0.231. The molecule has 1 heteroatoms. The molecule has 0 nitrogen and oxygen atoms in total. The van der Waals surface area contributed by atoms with Gasteiger partial charge in [-0.15, -0.1) is 0 Å². The highest BCUT2D eigenvalue weighted by atomic mass is 79.9. The van der Waals surface area contributed by atoms with Gasteiger partial charge in [-0.25, -0.2) is 0 Å². The van der Waals surface area contributed by atoms with Crippen molar-refractivity contribution >= 4 is 21.5 Å². The van der Waals surface area contributed by atoms with Crippen LogP contribution in [0.25, 0.3) is 5.57 Å². The molecule has 0 fully saturated rings. The van der Waals surface area contributed by atoms with Crippen LogP contribution in [-0.2, 0) is 0 Å². The number of hydrogen-bond acceptors (Lipinski definition) is 0. The summed E-state index contributed by atoms with van der Waals surface area (Å²) in [4.78, 5) is 0. The van der Waals surface area contributed by atoms with Gasteiger partial charge in [0.15, 0.2) is 0 Å². The van der Waals surface area contributed by atoms with Gasteiger partial charge in [-0.05, 0) is 24.5 Å². The highest BCUT2D eigenvalue weighted by Gasteiger charge is 2.02. The smallest absolute Gasteiger partial charge is 0.0210 e. The SMILES string of the molecule is C/C=C(\C(Br)=C/CC)c1ccccc1. The van der Waals surface area contributed by atoms with Crippen LogP contribution in [0, 0.1) is 0 Å². The van der Waals surface area contributed by atoms with E-state index in [1.54, 1.807) is 0 Å². The third-order valence-electron chi connectivity index (χ3n) is 2.01. The van der Waals surface area contributed by atoms with E-state index >= 15 is 0 Å². The van der Waals surface area contributed by atoms with Crippen LogP contribution in [0.3, 0.4) is 0 Å². The van der Waals surface area contributed by atoms with E-state index in [4.69, 9.17) is 0 Å². The van der Waals surface area contributed by atoms with Crippen LogP contribution in [0.1, 0.15) is 25.8 Å². The summed E-state index contributed by atoms with van der Waals surface area (Å²) in [6.45, 7) is 4.20. The Balaban J connectivity index is 3.01. The van der Waals surface area contributed by atoms with Gasteiger partial charge in [0.25, 0.3) is 0 Å². The molecule has 0 saturated heterocycles. The van der Waals surface area contributed by atoms with Crippen molar-refractivity contribution in [3.63, 3.8) is 0 Å². The summed E-state index contributed by atoms with van der Waals surface area (Å²) in [5.74, 6) is 0. The number of rotatable bonds is 3. The lowest BCUT2D eigenvalue weighted by atomic mass is 10.1. The molecular weight excluding hydrogens is 236 g/mol. The Kier molecular flexibility index (Phi) is 4.68. The van der Waals surface area contributed by atoms with Crippen LogP contribution in [0.5, 0.6) is 0 Å². The molecule has 0 amide bonds. The molecule has 0 aliphatic heterocycles. The Morgan fingerprint density at radius 1 is 1.29 bits per heavy atom. The Labute approximate surface area is 94.5 Å². The highest BCUT2D eigenvalue weighted by Crippen LogP contribution is 2.27. The van der Waals surface area contributed by atoms with Gasteiger partial charge in [0.05, 0.1) is 0 Å². The lowest BCUT2D eigenvalue weighted by Gasteiger charge is -2.05. The van der Waals surface area contributed by atoms with E-state index in [-0.39, 0.29) is 0 Å². The van der Waals surface area contributed by atoms with Crippen LogP contribution in [-0.4, -0.2) is 0 Å². The lowest BCUT2D eigenvalue weighted by Crippen LogP contribution is -1.83. The number of hydrogen-bond donors (Lipinski definition) is 0. The van der Waals surface area contributed by atoms with E-state index < -0.39 is 0 Å². The number of halogens is 1. The average Bonchev–Trinajstić information content (AvgIpc) is 2.21. The summed E-state index contributed by atoms with van der Waals surface area (Å²) >= 11 is 3.59. The maximum absolute atomic E-state index is 3.59. The normalized spacial score (nSPS) is 13.1. The molecule has 0 aliphatic carbocycles. The molecule has 0 saturated carbocycles. The largest absolute Gasteiger partial charge is 0.0787 e. The molecule has 0 spiro atoms. The fourth-order valence-electron chi connectivity index (χ4n) is 1.35. The Bertz CT molecular complexity index is 334. The molecule has 1 aromatic carbocycles. The summed E-state index contributed by atoms with van der Waals surface area (Å²) in [6, 6.07) is 10.4. The molecule has 1 aromatic rings. The molecule has 0 bridgehead atoms. The summed E-state index contributed by atoms with van der Waals surface area (Å²) in [5.41, 5.74) is 2.51. The average molecular weight is 251 g/mol. The van der Waals surface area contributed by atoms with Gasteiger partial charge in [0.1, 0.15) is 0 Å². The van der Waals surface area contributed by atoms with Gasteiger partial charge in [0.2, 0.25) is 0 Å². The maximum Gasteiger partial charge on any atom is 0.0210 e. The van der Waals surface area contributed by atoms with E-state index in [9.17, 15) is 0 Å². The van der Waals surface area contributed by atoms with Gasteiger partial charge in [-0.1, -0.05) is 65.3 Å². The molecule has 14 heavy (non-hydrogen) atoms. The van der Waals surface area contributed by atoms with Gasteiger partial charge in [-0.3, -0.25) is 0 Å². The molecule has 0 radical (unpaired) electrons. The predicted molar refractivity (Wildman–Crippen MR) is 67.4 cm³/mol. The van der Waals surface area contributed by atoms with Crippen molar-refractivity contribution in [2.24, 2.45) is 0 Å². The molecule has 0 unspecified atom stereocenters. The Hall–Kier alpha value is -0.820. The Morgan fingerprint density at radius 3 is 2.43 bits per heavy atom. The van der Waals surface area contributed by atoms with E-state index in [0.717, 1.165) is 6.42 Å². The van der Waals surface area contributed by atoms with Crippen molar-refractivity contribution in [3.05, 3.63) is 52.5 Å². The van der Waals surface area contributed by atoms with E-state index in [0.29, 0.717) is 0 Å². The highest BCUT2D eigenvalue weighted by molar-refractivity contribution is 9.12. The van der Waals surface area contributed by atoms with E-state index in [2.05, 4.69) is 66.2 Å². The van der Waals surface area contributed by atoms with E-state index in [1.807, 2.05) is 6.07 Å². The molecule has 0 heterocycles. The third-order valence-corrected chi connectivity index (χ3v) is 2.77. The minimum atomic E-state index is 1.05. The standard InChI is InChI=1S/C13H15Br/c1-3-8-13(14)12(4-2)11-9-6-5-7-10-11/h4-10H,3H2,1-2H3/b12-4-,13-8+. The molecule has 0 aliphatic rings. The third kappa shape index (κ3) is 2.85. The van der Waals surface area contributed by atoms with Gasteiger partial charge < -0.3 is 0 Å². The van der Waals surface area contributed by atoms with Crippen molar-refractivity contribution in [2.45, 2.75) is 20.3 Å². The zero-order valence-electron chi connectivity index (χ0n) is 8.63. The first-order valence-electron chi connectivity index (χ1n) is 4.87. The molecular formula is C13H15Br. The quantitative estimate of drug-likeness (QED) is 0.678. The van der Waals surface area contributed by atoms with Gasteiger partial charge >= 0.3 is 0 Å². The summed E-state index contributed by atoms with van der Waals surface area (Å²) < 4.78 is 1.17. The zero-order chi connectivity index (χ0) is 10.4. The van der Waals surface area contributed by atoms with Crippen molar-refractivity contribution in [1.29, 1.82) is 0 Å². The van der Waals surface area contributed by atoms with Crippen molar-refractivity contribution in [2.75, 3.05) is 0 Å². The molecule has 1 rings (SSSR count). The molecule has 0 aromatic heterocycles. The van der Waals surface area contributed by atoms with Crippen LogP contribution in [0.15, 0.2) is 47.0 Å². The van der Waals surface area contributed by atoms with E-state index in [1.165, 1.54) is 15.6 Å². The Morgan fingerprint density at radius 2 is 1.93 bits per heavy atom. The summed E-state index contributed by atoms with van der Waals surface area (Å²) in [6.07, 6.45) is 5.36. The van der Waals surface area contributed by atoms with Gasteiger partial charge in [0, 0.05) is 4.48 Å².